The normalized spacial score (nSPS) is 12.1. The third kappa shape index (κ3) is 6.11. The highest BCUT2D eigenvalue weighted by Crippen LogP contribution is 2.18. The number of rotatable bonds is 3. The second-order valence-corrected chi connectivity index (χ2v) is 9.25. The quantitative estimate of drug-likeness (QED) is 0.634. The molecule has 1 atom stereocenters. The van der Waals surface area contributed by atoms with Crippen LogP contribution in [0.4, 0.5) is 5.69 Å². The standard InChI is InChI=1S/C24H21N3O3S/c1-17-7-9-19(10-8-17)11-12-20-13-21(16-25-15-20)24(29)27-31(3,30)23-6-4-5-22(14-23)26-18(2)28/h4-10,13-16H,1-3H3,(H,26,28). The lowest BCUT2D eigenvalue weighted by atomic mass is 10.1. The summed E-state index contributed by atoms with van der Waals surface area (Å²) in [5, 5.41) is 2.62. The van der Waals surface area contributed by atoms with E-state index in [1.807, 2.05) is 31.2 Å². The summed E-state index contributed by atoms with van der Waals surface area (Å²) in [4.78, 5) is 28.3. The maximum absolute atomic E-state index is 13.1. The molecular formula is C24H21N3O3S. The molecule has 1 aromatic heterocycles. The second kappa shape index (κ2) is 9.37. The lowest BCUT2D eigenvalue weighted by Gasteiger charge is -2.07. The van der Waals surface area contributed by atoms with Gasteiger partial charge in [0.1, 0.15) is 0 Å². The fourth-order valence-electron chi connectivity index (χ4n) is 2.68. The minimum atomic E-state index is -3.03. The van der Waals surface area contributed by atoms with E-state index in [1.54, 1.807) is 36.5 Å². The number of hydrogen-bond acceptors (Lipinski definition) is 4. The van der Waals surface area contributed by atoms with Gasteiger partial charge in [0.2, 0.25) is 5.91 Å². The van der Waals surface area contributed by atoms with Gasteiger partial charge in [0.05, 0.1) is 15.3 Å². The Morgan fingerprint density at radius 1 is 1.00 bits per heavy atom. The summed E-state index contributed by atoms with van der Waals surface area (Å²) in [5.41, 5.74) is 3.23. The Hall–Kier alpha value is -3.76. The van der Waals surface area contributed by atoms with Gasteiger partial charge in [-0.25, -0.2) is 4.21 Å². The molecule has 7 heteroatoms. The molecule has 3 aromatic rings. The monoisotopic (exact) mass is 431 g/mol. The molecule has 0 bridgehead atoms. The summed E-state index contributed by atoms with van der Waals surface area (Å²) in [6.45, 7) is 3.38. The van der Waals surface area contributed by atoms with E-state index in [0.29, 0.717) is 16.1 Å². The zero-order valence-corrected chi connectivity index (χ0v) is 18.2. The Morgan fingerprint density at radius 3 is 2.42 bits per heavy atom. The maximum Gasteiger partial charge on any atom is 0.286 e. The first-order valence-corrected chi connectivity index (χ1v) is 11.3. The number of anilines is 1. The first-order chi connectivity index (χ1) is 14.7. The van der Waals surface area contributed by atoms with Crippen LogP contribution in [0.2, 0.25) is 0 Å². The number of aryl methyl sites for hydroxylation is 1. The van der Waals surface area contributed by atoms with E-state index < -0.39 is 15.6 Å². The second-order valence-electron chi connectivity index (χ2n) is 6.99. The van der Waals surface area contributed by atoms with Crippen molar-refractivity contribution in [2.24, 2.45) is 4.36 Å². The van der Waals surface area contributed by atoms with E-state index in [2.05, 4.69) is 26.5 Å². The molecule has 0 radical (unpaired) electrons. The molecule has 6 nitrogen and oxygen atoms in total. The van der Waals surface area contributed by atoms with Crippen molar-refractivity contribution in [1.82, 2.24) is 4.98 Å². The number of benzene rings is 2. The Bertz CT molecular complexity index is 1330. The van der Waals surface area contributed by atoms with E-state index in [4.69, 9.17) is 0 Å². The average molecular weight is 432 g/mol. The van der Waals surface area contributed by atoms with Crippen LogP contribution in [-0.2, 0) is 14.5 Å². The fraction of sp³-hybridized carbons (Fsp3) is 0.125. The molecule has 2 aromatic carbocycles. The molecule has 0 spiro atoms. The molecule has 3 rings (SSSR count). The van der Waals surface area contributed by atoms with E-state index in [-0.39, 0.29) is 11.5 Å². The van der Waals surface area contributed by atoms with Crippen molar-refractivity contribution in [3.05, 3.63) is 89.2 Å². The van der Waals surface area contributed by atoms with Gasteiger partial charge in [0.15, 0.2) is 0 Å². The zero-order chi connectivity index (χ0) is 22.4. The van der Waals surface area contributed by atoms with Gasteiger partial charge in [0, 0.05) is 47.3 Å². The molecule has 0 saturated heterocycles. The molecule has 0 aliphatic carbocycles. The van der Waals surface area contributed by atoms with Crippen molar-refractivity contribution in [3.8, 4) is 11.8 Å². The molecule has 1 unspecified atom stereocenters. The van der Waals surface area contributed by atoms with Crippen molar-refractivity contribution in [3.63, 3.8) is 0 Å². The Balaban J connectivity index is 1.87. The van der Waals surface area contributed by atoms with Crippen LogP contribution in [0.1, 0.15) is 34.0 Å². The molecule has 1 heterocycles. The predicted octanol–water partition coefficient (Wildman–Crippen LogP) is 4.05. The van der Waals surface area contributed by atoms with Crippen molar-refractivity contribution < 1.29 is 13.8 Å². The zero-order valence-electron chi connectivity index (χ0n) is 17.4. The minimum Gasteiger partial charge on any atom is -0.326 e. The molecule has 1 N–H and O–H groups in total. The number of nitrogens with one attached hydrogen (secondary N) is 1. The van der Waals surface area contributed by atoms with Gasteiger partial charge in [-0.1, -0.05) is 35.6 Å². The average Bonchev–Trinajstić information content (AvgIpc) is 2.73. The third-order valence-electron chi connectivity index (χ3n) is 4.24. The summed E-state index contributed by atoms with van der Waals surface area (Å²) in [6, 6.07) is 15.8. The SMILES string of the molecule is CC(=O)Nc1cccc(S(C)(=O)=NC(=O)c2cncc(C#Cc3ccc(C)cc3)c2)c1. The van der Waals surface area contributed by atoms with Crippen LogP contribution in [-0.4, -0.2) is 27.3 Å². The van der Waals surface area contributed by atoms with E-state index >= 15 is 0 Å². The van der Waals surface area contributed by atoms with Gasteiger partial charge in [-0.2, -0.15) is 4.36 Å². The van der Waals surface area contributed by atoms with Crippen LogP contribution in [0.25, 0.3) is 0 Å². The smallest absolute Gasteiger partial charge is 0.286 e. The lowest BCUT2D eigenvalue weighted by molar-refractivity contribution is -0.114. The molecule has 0 aliphatic rings. The molecule has 2 amide bonds. The van der Waals surface area contributed by atoms with Gasteiger partial charge < -0.3 is 5.32 Å². The number of hydrogen-bond donors (Lipinski definition) is 1. The number of aromatic nitrogens is 1. The molecular weight excluding hydrogens is 410 g/mol. The molecule has 0 saturated carbocycles. The molecule has 0 aliphatic heterocycles. The number of amides is 2. The summed E-state index contributed by atoms with van der Waals surface area (Å²) >= 11 is 0. The van der Waals surface area contributed by atoms with E-state index in [0.717, 1.165) is 11.1 Å². The summed E-state index contributed by atoms with van der Waals surface area (Å²) in [7, 11) is -3.03. The van der Waals surface area contributed by atoms with Crippen molar-refractivity contribution in [2.75, 3.05) is 11.6 Å². The van der Waals surface area contributed by atoms with Crippen molar-refractivity contribution in [1.29, 1.82) is 0 Å². The van der Waals surface area contributed by atoms with E-state index in [9.17, 15) is 13.8 Å². The van der Waals surface area contributed by atoms with Crippen LogP contribution in [0, 0.1) is 18.8 Å². The topological polar surface area (TPSA) is 88.5 Å². The lowest BCUT2D eigenvalue weighted by Crippen LogP contribution is -2.08. The minimum absolute atomic E-state index is 0.197. The predicted molar refractivity (Wildman–Crippen MR) is 121 cm³/mol. The molecule has 31 heavy (non-hydrogen) atoms. The summed E-state index contributed by atoms with van der Waals surface area (Å²) in [6.07, 6.45) is 4.30. The Kier molecular flexibility index (Phi) is 6.63. The van der Waals surface area contributed by atoms with Crippen LogP contribution in [0.5, 0.6) is 0 Å². The number of nitrogens with zero attached hydrogens (tertiary/aromatic N) is 2. The van der Waals surface area contributed by atoms with Gasteiger partial charge in [-0.05, 0) is 43.3 Å². The van der Waals surface area contributed by atoms with Gasteiger partial charge in [-0.15, -0.1) is 0 Å². The molecule has 0 fully saturated rings. The first kappa shape index (κ1) is 21.9. The first-order valence-electron chi connectivity index (χ1n) is 9.41. The highest BCUT2D eigenvalue weighted by molar-refractivity contribution is 7.93. The van der Waals surface area contributed by atoms with Crippen LogP contribution in [0.15, 0.2) is 76.2 Å². The third-order valence-corrected chi connectivity index (χ3v) is 5.88. The van der Waals surface area contributed by atoms with Crippen molar-refractivity contribution in [2.45, 2.75) is 18.7 Å². The van der Waals surface area contributed by atoms with Crippen molar-refractivity contribution >= 4 is 27.2 Å². The number of pyridine rings is 1. The highest BCUT2D eigenvalue weighted by atomic mass is 32.2. The van der Waals surface area contributed by atoms with Gasteiger partial charge in [-0.3, -0.25) is 14.6 Å². The molecule has 156 valence electrons. The summed E-state index contributed by atoms with van der Waals surface area (Å²) < 4.78 is 17.0. The van der Waals surface area contributed by atoms with E-state index in [1.165, 1.54) is 19.4 Å². The number of carbonyl (C=O) groups excluding carboxylic acids is 2. The highest BCUT2D eigenvalue weighted by Gasteiger charge is 2.13. The largest absolute Gasteiger partial charge is 0.326 e. The van der Waals surface area contributed by atoms with Gasteiger partial charge >= 0.3 is 0 Å². The van der Waals surface area contributed by atoms with Crippen LogP contribution in [0.3, 0.4) is 0 Å². The maximum atomic E-state index is 13.1. The van der Waals surface area contributed by atoms with Gasteiger partial charge in [0.25, 0.3) is 5.91 Å². The summed E-state index contributed by atoms with van der Waals surface area (Å²) in [5.74, 6) is 5.11. The Labute approximate surface area is 181 Å². The van der Waals surface area contributed by atoms with Crippen LogP contribution >= 0.6 is 0 Å². The van der Waals surface area contributed by atoms with Crippen LogP contribution < -0.4 is 5.32 Å². The fourth-order valence-corrected chi connectivity index (χ4v) is 3.89. The Morgan fingerprint density at radius 2 is 1.71 bits per heavy atom. The number of carbonyl (C=O) groups is 2.